The highest BCUT2D eigenvalue weighted by atomic mass is 16.8. The van der Waals surface area contributed by atoms with E-state index >= 15 is 0 Å². The van der Waals surface area contributed by atoms with Gasteiger partial charge in [-0.05, 0) is 71.7 Å². The van der Waals surface area contributed by atoms with Crippen molar-refractivity contribution < 1.29 is 92.1 Å². The summed E-state index contributed by atoms with van der Waals surface area (Å²) in [5.74, 6) is -5.85. The van der Waals surface area contributed by atoms with Crippen molar-refractivity contribution in [3.8, 4) is 0 Å². The van der Waals surface area contributed by atoms with Crippen molar-refractivity contribution in [2.24, 2.45) is 0 Å². The van der Waals surface area contributed by atoms with Gasteiger partial charge in [0.2, 0.25) is 0 Å². The van der Waals surface area contributed by atoms with Gasteiger partial charge in [0.05, 0.1) is 29.4 Å². The fourth-order valence-corrected chi connectivity index (χ4v) is 6.75. The maximum absolute atomic E-state index is 14.0. The van der Waals surface area contributed by atoms with Crippen LogP contribution in [0.3, 0.4) is 0 Å². The summed E-state index contributed by atoms with van der Waals surface area (Å²) < 4.78 is 52.0. The first-order valence-electron chi connectivity index (χ1n) is 19.1. The number of aliphatic hydroxyl groups excluding tert-OH is 3. The molecule has 2 aromatic carbocycles. The number of carboxylic acid groups (broad SMARTS) is 1. The minimum absolute atomic E-state index is 0.00455. The number of benzene rings is 2. The normalized spacial score (nSPS) is 31.6. The summed E-state index contributed by atoms with van der Waals surface area (Å²) in [7, 11) is 0. The van der Waals surface area contributed by atoms with E-state index in [0.717, 1.165) is 0 Å². The van der Waals surface area contributed by atoms with E-state index in [1.165, 1.54) is 71.0 Å². The maximum atomic E-state index is 14.0. The topological polar surface area (TPSA) is 270 Å². The molecule has 5 rings (SSSR count). The molecule has 3 aliphatic heterocycles. The number of fused-ring (bicyclic) bond motifs is 1. The number of esters is 4. The molecule has 0 aromatic heterocycles. The molecule has 0 saturated carbocycles. The Morgan fingerprint density at radius 2 is 1.25 bits per heavy atom. The number of carboxylic acids is 1. The standard InChI is InChI=1S/C40H50O19/c1-19(2)52-36(48)29(58-38-28(43)27(42)26(41)21(5)54-38)30(37(49)53-20(3)4)59-39-31(57-35(47)23-14-10-7-11-15-23)32-40(50,17-16-24(55-32)33(44)45)25(56-39)18-51-34(46)22-12-8-6-9-13-22/h6-15,19-21,24-32,38-39,41-43,50H,16-18H2,1-5H3,(H,44,45)/t21-,24-,25+,26+,27+,28-,29+,30+,31+,32+,38-,39-,40-/m0/s1. The summed E-state index contributed by atoms with van der Waals surface area (Å²) in [6, 6.07) is 15.3. The van der Waals surface area contributed by atoms with Crippen molar-refractivity contribution >= 4 is 29.8 Å². The van der Waals surface area contributed by atoms with E-state index in [0.29, 0.717) is 0 Å². The van der Waals surface area contributed by atoms with Gasteiger partial charge in [-0.3, -0.25) is 0 Å². The molecule has 19 nitrogen and oxygen atoms in total. The first-order valence-corrected chi connectivity index (χ1v) is 19.1. The largest absolute Gasteiger partial charge is 0.479 e. The number of hydrogen-bond donors (Lipinski definition) is 5. The Morgan fingerprint density at radius 1 is 0.729 bits per heavy atom. The maximum Gasteiger partial charge on any atom is 0.339 e. The third kappa shape index (κ3) is 10.8. The van der Waals surface area contributed by atoms with Gasteiger partial charge in [0.25, 0.3) is 0 Å². The van der Waals surface area contributed by atoms with E-state index in [1.807, 2.05) is 0 Å². The molecule has 3 fully saturated rings. The van der Waals surface area contributed by atoms with Crippen molar-refractivity contribution in [2.75, 3.05) is 6.61 Å². The number of aliphatic carboxylic acids is 1. The van der Waals surface area contributed by atoms with Crippen LogP contribution in [0, 0.1) is 0 Å². The van der Waals surface area contributed by atoms with Gasteiger partial charge in [0, 0.05) is 0 Å². The van der Waals surface area contributed by atoms with Crippen LogP contribution in [0.15, 0.2) is 60.7 Å². The number of carbonyl (C=O) groups is 5. The number of hydrogen-bond acceptors (Lipinski definition) is 18. The summed E-state index contributed by atoms with van der Waals surface area (Å²) in [5, 5.41) is 54.0. The van der Waals surface area contributed by atoms with Crippen LogP contribution in [0.5, 0.6) is 0 Å². The van der Waals surface area contributed by atoms with E-state index in [9.17, 15) is 49.5 Å². The molecule has 0 spiro atoms. The SMILES string of the molecule is CC(C)OC(=O)[C@H](O[C@@H]1O[C@@H](C)[C@@H](O)[C@@H](O)[C@@H]1O)[C@@H](O[C@@H]1O[C@H](COC(=O)c2ccccc2)[C@@]2(O)CC[C@@H](C(=O)O)O[C@@H]2[C@H]1OC(=O)c1ccccc1)C(=O)OC(C)C. The minimum Gasteiger partial charge on any atom is -0.479 e. The molecule has 0 bridgehead atoms. The van der Waals surface area contributed by atoms with Crippen molar-refractivity contribution in [1.82, 2.24) is 0 Å². The van der Waals surface area contributed by atoms with Gasteiger partial charge in [-0.15, -0.1) is 0 Å². The quantitative estimate of drug-likeness (QED) is 0.122. The Morgan fingerprint density at radius 3 is 1.78 bits per heavy atom. The highest BCUT2D eigenvalue weighted by Gasteiger charge is 2.63. The van der Waals surface area contributed by atoms with Crippen LogP contribution in [-0.2, 0) is 57.0 Å². The Kier molecular flexibility index (Phi) is 15.2. The summed E-state index contributed by atoms with van der Waals surface area (Å²) in [6.45, 7) is 6.56. The van der Waals surface area contributed by atoms with Crippen molar-refractivity contribution in [1.29, 1.82) is 0 Å². The first-order chi connectivity index (χ1) is 27.9. The Labute approximate surface area is 338 Å². The second-order valence-corrected chi connectivity index (χ2v) is 14.9. The Balaban J connectivity index is 1.60. The predicted molar refractivity (Wildman–Crippen MR) is 196 cm³/mol. The fraction of sp³-hybridized carbons (Fsp3) is 0.575. The second kappa shape index (κ2) is 19.7. The Bertz CT molecular complexity index is 1760. The van der Waals surface area contributed by atoms with Crippen molar-refractivity contribution in [3.05, 3.63) is 71.8 Å². The zero-order valence-electron chi connectivity index (χ0n) is 32.9. The average molecular weight is 835 g/mol. The second-order valence-electron chi connectivity index (χ2n) is 14.9. The zero-order chi connectivity index (χ0) is 43.2. The molecule has 3 aliphatic rings. The van der Waals surface area contributed by atoms with E-state index in [2.05, 4.69) is 0 Å². The summed E-state index contributed by atoms with van der Waals surface area (Å²) in [6.07, 6.45) is -24.2. The predicted octanol–water partition coefficient (Wildman–Crippen LogP) is 0.658. The lowest BCUT2D eigenvalue weighted by molar-refractivity contribution is -0.365. The summed E-state index contributed by atoms with van der Waals surface area (Å²) in [4.78, 5) is 66.9. The van der Waals surface area contributed by atoms with Crippen LogP contribution in [-0.4, -0.2) is 153 Å². The van der Waals surface area contributed by atoms with Crippen molar-refractivity contribution in [3.63, 3.8) is 0 Å². The molecule has 59 heavy (non-hydrogen) atoms. The molecule has 0 unspecified atom stereocenters. The van der Waals surface area contributed by atoms with Gasteiger partial charge in [-0.1, -0.05) is 36.4 Å². The summed E-state index contributed by atoms with van der Waals surface area (Å²) in [5.41, 5.74) is -2.10. The van der Waals surface area contributed by atoms with Gasteiger partial charge in [-0.2, -0.15) is 0 Å². The molecular weight excluding hydrogens is 784 g/mol. The average Bonchev–Trinajstić information content (AvgIpc) is 3.19. The van der Waals surface area contributed by atoms with Crippen LogP contribution in [0.1, 0.15) is 68.2 Å². The monoisotopic (exact) mass is 834 g/mol. The molecule has 0 radical (unpaired) electrons. The number of carbonyl (C=O) groups excluding carboxylic acids is 4. The molecule has 3 saturated heterocycles. The van der Waals surface area contributed by atoms with Crippen LogP contribution < -0.4 is 0 Å². The van der Waals surface area contributed by atoms with E-state index in [-0.39, 0.29) is 24.0 Å². The lowest BCUT2D eigenvalue weighted by Gasteiger charge is -2.53. The molecular formula is C40H50O19. The lowest BCUT2D eigenvalue weighted by Crippen LogP contribution is -2.72. The molecule has 5 N–H and O–H groups in total. The minimum atomic E-state index is -2.26. The summed E-state index contributed by atoms with van der Waals surface area (Å²) >= 11 is 0. The van der Waals surface area contributed by atoms with Gasteiger partial charge in [0.1, 0.15) is 42.7 Å². The van der Waals surface area contributed by atoms with Gasteiger partial charge in [0.15, 0.2) is 37.0 Å². The van der Waals surface area contributed by atoms with Crippen molar-refractivity contribution in [2.45, 2.75) is 139 Å². The third-order valence-electron chi connectivity index (χ3n) is 9.75. The van der Waals surface area contributed by atoms with Crippen LogP contribution in [0.25, 0.3) is 0 Å². The molecule has 0 amide bonds. The van der Waals surface area contributed by atoms with E-state index in [4.69, 9.17) is 42.6 Å². The van der Waals surface area contributed by atoms with Gasteiger partial charge >= 0.3 is 29.8 Å². The molecule has 3 heterocycles. The highest BCUT2D eigenvalue weighted by molar-refractivity contribution is 5.90. The number of ether oxygens (including phenoxy) is 9. The van der Waals surface area contributed by atoms with Crippen LogP contribution in [0.2, 0.25) is 0 Å². The smallest absolute Gasteiger partial charge is 0.339 e. The molecule has 2 aromatic rings. The third-order valence-corrected chi connectivity index (χ3v) is 9.75. The van der Waals surface area contributed by atoms with Gasteiger partial charge in [-0.25, -0.2) is 24.0 Å². The number of rotatable bonds is 15. The highest BCUT2D eigenvalue weighted by Crippen LogP contribution is 2.43. The molecule has 324 valence electrons. The molecule has 0 aliphatic carbocycles. The molecule has 19 heteroatoms. The van der Waals surface area contributed by atoms with Crippen LogP contribution in [0.4, 0.5) is 0 Å². The first kappa shape index (κ1) is 45.5. The van der Waals surface area contributed by atoms with Gasteiger partial charge < -0.3 is 68.2 Å². The Hall–Kier alpha value is -4.57. The zero-order valence-corrected chi connectivity index (χ0v) is 32.9. The molecule has 13 atom stereocenters. The van der Waals surface area contributed by atoms with E-state index in [1.54, 1.807) is 24.3 Å². The lowest BCUT2D eigenvalue weighted by atomic mass is 9.77. The number of aliphatic hydroxyl groups is 4. The van der Waals surface area contributed by atoms with Crippen LogP contribution >= 0.6 is 0 Å². The van der Waals surface area contributed by atoms with E-state index < -0.39 is 128 Å². The fourth-order valence-electron chi connectivity index (χ4n) is 6.75.